The number of fused-ring (bicyclic) bond motifs is 4. The third-order valence-electron chi connectivity index (χ3n) is 21.3. The molecule has 2 saturated carbocycles. The molecule has 646 valence electrons. The van der Waals surface area contributed by atoms with Gasteiger partial charge in [0.15, 0.2) is 6.10 Å². The number of hydrazone groups is 2. The molecule has 7 aliphatic rings. The first-order chi connectivity index (χ1) is 58.0. The highest BCUT2D eigenvalue weighted by molar-refractivity contribution is 6.05. The van der Waals surface area contributed by atoms with Gasteiger partial charge in [0.2, 0.25) is 11.6 Å². The van der Waals surface area contributed by atoms with Gasteiger partial charge in [-0.25, -0.2) is 24.0 Å². The number of aliphatic hydroxyl groups excluding tert-OH is 1. The Labute approximate surface area is 706 Å². The number of alkyl carbamates (subject to hydrolysis) is 2. The summed E-state index contributed by atoms with van der Waals surface area (Å²) in [5, 5.41) is 50.9. The van der Waals surface area contributed by atoms with Crippen LogP contribution in [0.1, 0.15) is 223 Å². The first kappa shape index (κ1) is 94.0. The lowest BCUT2D eigenvalue weighted by Gasteiger charge is -2.35. The number of nitrogens with one attached hydrogen (secondary N) is 3. The number of rotatable bonds is 15. The van der Waals surface area contributed by atoms with E-state index in [9.17, 15) is 38.7 Å². The van der Waals surface area contributed by atoms with E-state index in [1.54, 1.807) is 73.1 Å². The van der Waals surface area contributed by atoms with Crippen LogP contribution < -0.4 is 16.1 Å². The third-order valence-corrected chi connectivity index (χ3v) is 21.3. The summed E-state index contributed by atoms with van der Waals surface area (Å²) in [5.74, 6) is 0.715. The topological polar surface area (TPSA) is 346 Å². The lowest BCUT2D eigenvalue weighted by molar-refractivity contribution is -0.150. The molecule has 3 fully saturated rings. The minimum Gasteiger partial charge on any atom is -0.462 e. The number of nitrogens with zero attached hydrogens (tertiary/aromatic N) is 12. The lowest BCUT2D eigenvalue weighted by atomic mass is 9.78. The summed E-state index contributed by atoms with van der Waals surface area (Å²) >= 11 is 0. The smallest absolute Gasteiger partial charge is 0.409 e. The Morgan fingerprint density at radius 1 is 0.525 bits per heavy atom. The van der Waals surface area contributed by atoms with Gasteiger partial charge < -0.3 is 58.9 Å². The van der Waals surface area contributed by atoms with Crippen LogP contribution in [0.25, 0.3) is 28.3 Å². The molecular weight excluding hydrogens is 1530 g/mol. The molecule has 0 radical (unpaired) electrons. The van der Waals surface area contributed by atoms with Crippen molar-refractivity contribution in [3.8, 4) is 22.6 Å². The summed E-state index contributed by atoms with van der Waals surface area (Å²) < 4.78 is 32.7. The fourth-order valence-electron chi connectivity index (χ4n) is 15.0. The van der Waals surface area contributed by atoms with Gasteiger partial charge in [-0.2, -0.15) is 20.3 Å². The molecule has 1 saturated heterocycles. The van der Waals surface area contributed by atoms with E-state index in [1.165, 1.54) is 20.9 Å². The Balaban J connectivity index is 0.000000190. The van der Waals surface area contributed by atoms with Crippen LogP contribution in [0.4, 0.5) is 24.0 Å². The van der Waals surface area contributed by atoms with E-state index in [-0.39, 0.29) is 66.1 Å². The van der Waals surface area contributed by atoms with Crippen LogP contribution in [0.15, 0.2) is 161 Å². The maximum atomic E-state index is 12.6. The number of amides is 6. The van der Waals surface area contributed by atoms with Crippen molar-refractivity contribution in [1.82, 2.24) is 66.4 Å². The number of hydrogen-bond donors (Lipinski definition) is 4. The fraction of sp³-hybridized carbons (Fsp3) is 0.505. The predicted molar refractivity (Wildman–Crippen MR) is 460 cm³/mol. The molecule has 13 rings (SSSR count). The van der Waals surface area contributed by atoms with Crippen molar-refractivity contribution < 1.29 is 67.1 Å². The van der Waals surface area contributed by atoms with Crippen molar-refractivity contribution >= 4 is 59.5 Å². The van der Waals surface area contributed by atoms with Crippen molar-refractivity contribution in [3.05, 3.63) is 184 Å². The zero-order chi connectivity index (χ0) is 86.6. The molecule has 6 aromatic rings. The molecule has 4 N–H and O–H groups in total. The maximum absolute atomic E-state index is 12.6. The Hall–Kier alpha value is -11.5. The first-order valence-corrected chi connectivity index (χ1v) is 42.3. The number of allylic oxidation sites excluding steroid dienone is 4. The Bertz CT molecular complexity index is 4450. The number of ether oxygens (including phenoxy) is 6. The number of aliphatic hydroxyl groups is 1. The van der Waals surface area contributed by atoms with Gasteiger partial charge in [0, 0.05) is 85.1 Å². The van der Waals surface area contributed by atoms with Gasteiger partial charge in [-0.15, -0.1) is 25.5 Å². The van der Waals surface area contributed by atoms with Gasteiger partial charge in [0.25, 0.3) is 0 Å². The van der Waals surface area contributed by atoms with E-state index in [2.05, 4.69) is 88.2 Å². The monoisotopic (exact) mass is 1650 g/mol. The van der Waals surface area contributed by atoms with Crippen LogP contribution >= 0.6 is 0 Å². The van der Waals surface area contributed by atoms with E-state index in [4.69, 9.17) is 33.5 Å². The molecule has 4 aromatic carbocycles. The molecule has 29 nitrogen and oxygen atoms in total. The van der Waals surface area contributed by atoms with Crippen molar-refractivity contribution in [2.75, 3.05) is 55.9 Å². The molecule has 0 bridgehead atoms. The minimum atomic E-state index is -0.682. The summed E-state index contributed by atoms with van der Waals surface area (Å²) in [7, 11) is 11.5. The van der Waals surface area contributed by atoms with Gasteiger partial charge >= 0.3 is 42.3 Å². The molecule has 9 atom stereocenters. The fourth-order valence-corrected chi connectivity index (χ4v) is 15.0. The number of carbonyl (C=O) groups is 7. The molecule has 0 spiro atoms. The van der Waals surface area contributed by atoms with Gasteiger partial charge in [0.1, 0.15) is 30.5 Å². The molecule has 3 aliphatic heterocycles. The summed E-state index contributed by atoms with van der Waals surface area (Å²) in [4.78, 5) is 86.7. The standard InChI is InChI=1S/C24H33N3O4.C21H26N4O3.C20H25N3O3.C13H15N5O2.C11H18O2.C2H6/c1-5-21(28)31-18-12-9-13-19-20(15-14-18)22(16(2)30-24(29)27(3)4)25-26-23(19)17-10-7-6-8-11-17;1-22-20(26)28-15-9-6-10-17-16(12-11-15)18-13-24(2)21(27)25(18)23-19(17)14-7-4-3-5-8-14;1-13(24)18-17-12-11-15(26-20(25)21-2)9-6-10-16(17)19(23-22-18)14-7-4-3-5-8-14;1-9(20-13(19)18(2)3)11-14-16-12(17-15-11)10-7-5-4-6-8-10;1-2-11(12)13-10-8-6-4-3-5-7-9-10;1-2/h6-8,10-11,16,18,20,26H,5,9,12-15H2,1-4H3;3-5,7-8,15,17H,6,9-13H2,1-2H3,(H,22,26);3-5,7-8,13,15,24H,6,9-12H2,1-2H3,(H,21,25);4-9H,1-3H3;3-4,10H,2,5-9H2,1H3;1-2H3/b;;;;4-3+;. The van der Waals surface area contributed by atoms with Crippen LogP contribution in [-0.2, 0) is 50.9 Å². The highest BCUT2D eigenvalue weighted by Gasteiger charge is 2.42. The molecule has 120 heavy (non-hydrogen) atoms. The quantitative estimate of drug-likeness (QED) is 0.0421. The SMILES string of the molecule is CC.CC(OC(=O)N(C)C)c1nnc(-c2ccccc2)nn1.CCC(=O)OC1CC/C=C/CCC1.CCC(=O)OC1CCCC2=C(c3ccccc3)NN=C(C(C)OC(=O)N(C)C)C2CC1.CNC(=O)OC1CCCC2C(c3ccccc3)=NN3C(=O)N(C)CC3=C2CC1.CNC(=O)OC1CCCc2c(-c3ccccc3)nnc(C(C)O)c2CC1. The number of esters is 2. The number of hydrogen-bond acceptors (Lipinski definition) is 23. The average Bonchev–Trinajstić information content (AvgIpc) is 1.57. The number of urea groups is 1. The largest absolute Gasteiger partial charge is 0.462 e. The van der Waals surface area contributed by atoms with Crippen molar-refractivity contribution in [3.63, 3.8) is 0 Å². The highest BCUT2D eigenvalue weighted by atomic mass is 16.6. The molecule has 9 unspecified atom stereocenters. The van der Waals surface area contributed by atoms with Crippen LogP contribution in [0.5, 0.6) is 0 Å². The van der Waals surface area contributed by atoms with Crippen LogP contribution in [0.2, 0.25) is 0 Å². The van der Waals surface area contributed by atoms with E-state index in [0.717, 1.165) is 177 Å². The second-order valence-electron chi connectivity index (χ2n) is 30.4. The van der Waals surface area contributed by atoms with E-state index in [0.29, 0.717) is 43.7 Å². The normalized spacial score (nSPS) is 20.2. The zero-order valence-corrected chi connectivity index (χ0v) is 72.3. The number of benzene rings is 4. The first-order valence-electron chi connectivity index (χ1n) is 42.3. The second kappa shape index (κ2) is 48.5. The summed E-state index contributed by atoms with van der Waals surface area (Å²) in [6, 6.07) is 39.6. The second-order valence-corrected chi connectivity index (χ2v) is 30.4. The summed E-state index contributed by atoms with van der Waals surface area (Å²) in [6.45, 7) is 13.5. The highest BCUT2D eigenvalue weighted by Crippen LogP contribution is 2.42. The van der Waals surface area contributed by atoms with Crippen LogP contribution in [0, 0.1) is 11.8 Å². The molecule has 29 heteroatoms. The van der Waals surface area contributed by atoms with Gasteiger partial charge in [0.05, 0.1) is 46.9 Å². The Kier molecular flexibility index (Phi) is 38.0. The van der Waals surface area contributed by atoms with Crippen molar-refractivity contribution in [1.29, 1.82) is 0 Å². The van der Waals surface area contributed by atoms with Crippen LogP contribution in [-0.4, -0.2) is 196 Å². The molecular formula is C91H123N15O14. The minimum absolute atomic E-state index is 0.0320. The average molecular weight is 1650 g/mol. The Morgan fingerprint density at radius 2 is 1.03 bits per heavy atom. The Morgan fingerprint density at radius 3 is 1.60 bits per heavy atom. The summed E-state index contributed by atoms with van der Waals surface area (Å²) in [5.41, 5.74) is 17.3. The third kappa shape index (κ3) is 27.5. The van der Waals surface area contributed by atoms with Crippen LogP contribution in [0.3, 0.4) is 0 Å². The lowest BCUT2D eigenvalue weighted by Crippen LogP contribution is -2.39. The number of aromatic nitrogens is 6. The van der Waals surface area contributed by atoms with E-state index < -0.39 is 36.6 Å². The van der Waals surface area contributed by atoms with Gasteiger partial charge in [-0.1, -0.05) is 161 Å². The van der Waals surface area contributed by atoms with E-state index >= 15 is 0 Å². The zero-order valence-electron chi connectivity index (χ0n) is 72.3. The van der Waals surface area contributed by atoms with Gasteiger partial charge in [-0.05, 0) is 183 Å². The maximum Gasteiger partial charge on any atom is 0.409 e. The predicted octanol–water partition coefficient (Wildman–Crippen LogP) is 16.4. The molecule has 4 aliphatic carbocycles. The number of likely N-dealkylation sites (N-methyl/N-ethyl adjacent to an activating group) is 1. The van der Waals surface area contributed by atoms with Crippen molar-refractivity contribution in [2.45, 2.75) is 232 Å². The molecule has 6 amide bonds. The number of carbonyl (C=O) groups excluding carboxylic acids is 7. The molecule has 2 aromatic heterocycles. The van der Waals surface area contributed by atoms with E-state index in [1.807, 2.05) is 132 Å². The van der Waals surface area contributed by atoms with Gasteiger partial charge in [-0.3, -0.25) is 15.0 Å². The molecule has 5 heterocycles. The summed E-state index contributed by atoms with van der Waals surface area (Å²) in [6.07, 6.45) is 19.5. The van der Waals surface area contributed by atoms with Crippen molar-refractivity contribution in [2.24, 2.45) is 22.0 Å².